The van der Waals surface area contributed by atoms with Gasteiger partial charge in [-0.1, -0.05) is 17.7 Å². The molecule has 0 radical (unpaired) electrons. The Morgan fingerprint density at radius 1 is 1.15 bits per heavy atom. The van der Waals surface area contributed by atoms with E-state index in [2.05, 4.69) is 20.4 Å². The van der Waals surface area contributed by atoms with Gasteiger partial charge in [-0.2, -0.15) is 0 Å². The van der Waals surface area contributed by atoms with Crippen molar-refractivity contribution in [2.45, 2.75) is 9.79 Å². The first-order chi connectivity index (χ1) is 13.0. The van der Waals surface area contributed by atoms with Gasteiger partial charge in [0.2, 0.25) is 9.84 Å². The monoisotopic (exact) mass is 399 g/mol. The fraction of sp³-hybridized carbons (Fsp3) is 0.0556. The Hall–Kier alpha value is -2.97. The lowest BCUT2D eigenvalue weighted by Crippen LogP contribution is -2.05. The van der Waals surface area contributed by atoms with Crippen molar-refractivity contribution in [3.05, 3.63) is 66.1 Å². The molecule has 136 valence electrons. The Balaban J connectivity index is 1.98. The summed E-state index contributed by atoms with van der Waals surface area (Å²) in [5, 5.41) is 7.47. The summed E-state index contributed by atoms with van der Waals surface area (Å²) in [6.45, 7) is 0. The second kappa shape index (κ2) is 6.64. The molecule has 1 N–H and O–H groups in total. The van der Waals surface area contributed by atoms with Crippen LogP contribution < -0.4 is 5.32 Å². The van der Waals surface area contributed by atoms with Crippen molar-refractivity contribution in [3.63, 3.8) is 0 Å². The third-order valence-corrected chi connectivity index (χ3v) is 6.04. The second-order valence-corrected chi connectivity index (χ2v) is 8.03. The molecule has 0 aliphatic rings. The van der Waals surface area contributed by atoms with Gasteiger partial charge in [-0.05, 0) is 36.4 Å². The van der Waals surface area contributed by atoms with Crippen LogP contribution in [0, 0.1) is 0 Å². The predicted molar refractivity (Wildman–Crippen MR) is 103 cm³/mol. The zero-order chi connectivity index (χ0) is 19.0. The molecule has 0 spiro atoms. The summed E-state index contributed by atoms with van der Waals surface area (Å²) in [5.74, 6) is 0.214. The smallest absolute Gasteiger partial charge is 0.214 e. The van der Waals surface area contributed by atoms with Gasteiger partial charge in [-0.15, -0.1) is 5.10 Å². The average Bonchev–Trinajstić information content (AvgIpc) is 3.07. The summed E-state index contributed by atoms with van der Waals surface area (Å²) >= 11 is 5.99. The maximum atomic E-state index is 13.3. The normalized spacial score (nSPS) is 11.6. The molecule has 0 aliphatic heterocycles. The number of benzene rings is 1. The molecule has 0 bridgehead atoms. The third kappa shape index (κ3) is 3.02. The number of nitrogens with zero attached hydrogens (tertiary/aromatic N) is 4. The molecule has 4 aromatic rings. The van der Waals surface area contributed by atoms with Gasteiger partial charge in [0, 0.05) is 36.2 Å². The van der Waals surface area contributed by atoms with E-state index >= 15 is 0 Å². The zero-order valence-electron chi connectivity index (χ0n) is 14.2. The number of halogens is 1. The van der Waals surface area contributed by atoms with E-state index < -0.39 is 9.84 Å². The van der Waals surface area contributed by atoms with Crippen LogP contribution in [0.1, 0.15) is 0 Å². The van der Waals surface area contributed by atoms with Crippen molar-refractivity contribution in [3.8, 4) is 11.3 Å². The highest BCUT2D eigenvalue weighted by Crippen LogP contribution is 2.32. The van der Waals surface area contributed by atoms with Gasteiger partial charge >= 0.3 is 0 Å². The van der Waals surface area contributed by atoms with Gasteiger partial charge in [0.25, 0.3) is 0 Å². The quantitative estimate of drug-likeness (QED) is 0.566. The molecule has 0 saturated heterocycles. The van der Waals surface area contributed by atoms with Crippen molar-refractivity contribution in [2.75, 3.05) is 12.4 Å². The number of nitrogens with one attached hydrogen (secondary N) is 1. The highest BCUT2D eigenvalue weighted by atomic mass is 35.5. The van der Waals surface area contributed by atoms with Crippen LogP contribution in [-0.4, -0.2) is 35.0 Å². The van der Waals surface area contributed by atoms with Gasteiger partial charge in [0.1, 0.15) is 0 Å². The van der Waals surface area contributed by atoms with E-state index in [1.54, 1.807) is 49.9 Å². The molecule has 3 heterocycles. The molecule has 27 heavy (non-hydrogen) atoms. The molecular formula is C18H14ClN5O2S. The molecule has 0 saturated carbocycles. The number of aromatic nitrogens is 4. The van der Waals surface area contributed by atoms with E-state index in [0.717, 1.165) is 5.56 Å². The fourth-order valence-corrected chi connectivity index (χ4v) is 4.55. The molecule has 0 atom stereocenters. The summed E-state index contributed by atoms with van der Waals surface area (Å²) in [6, 6.07) is 11.5. The first kappa shape index (κ1) is 17.4. The lowest BCUT2D eigenvalue weighted by Gasteiger charge is -2.06. The van der Waals surface area contributed by atoms with Crippen molar-refractivity contribution in [1.29, 1.82) is 0 Å². The van der Waals surface area contributed by atoms with E-state index in [4.69, 9.17) is 11.6 Å². The molecule has 1 aromatic carbocycles. The Kier molecular flexibility index (Phi) is 4.29. The van der Waals surface area contributed by atoms with Crippen LogP contribution in [0.5, 0.6) is 0 Å². The molecular weight excluding hydrogens is 386 g/mol. The van der Waals surface area contributed by atoms with Gasteiger partial charge in [0.05, 0.1) is 10.6 Å². The highest BCUT2D eigenvalue weighted by molar-refractivity contribution is 7.91. The number of hydrogen-bond donors (Lipinski definition) is 1. The van der Waals surface area contributed by atoms with Crippen LogP contribution in [0.3, 0.4) is 0 Å². The minimum Gasteiger partial charge on any atom is -0.370 e. The largest absolute Gasteiger partial charge is 0.370 e. The van der Waals surface area contributed by atoms with Crippen molar-refractivity contribution >= 4 is 32.9 Å². The molecule has 3 aromatic heterocycles. The Labute approximate surface area is 160 Å². The maximum Gasteiger partial charge on any atom is 0.214 e. The molecule has 0 aliphatic carbocycles. The number of pyridine rings is 1. The predicted octanol–water partition coefficient (Wildman–Crippen LogP) is 3.32. The summed E-state index contributed by atoms with van der Waals surface area (Å²) in [4.78, 5) is 8.70. The van der Waals surface area contributed by atoms with E-state index in [1.165, 1.54) is 16.6 Å². The zero-order valence-corrected chi connectivity index (χ0v) is 15.7. The molecule has 4 rings (SSSR count). The first-order valence-corrected chi connectivity index (χ1v) is 9.85. The summed E-state index contributed by atoms with van der Waals surface area (Å²) in [7, 11) is -2.28. The minimum atomic E-state index is -3.89. The first-order valence-electron chi connectivity index (χ1n) is 7.99. The lowest BCUT2D eigenvalue weighted by molar-refractivity contribution is 0.597. The Morgan fingerprint density at radius 2 is 2.00 bits per heavy atom. The number of fused-ring (bicyclic) bond motifs is 1. The van der Waals surface area contributed by atoms with Crippen molar-refractivity contribution in [2.24, 2.45) is 0 Å². The SMILES string of the molecule is CNc1nn2ccc(-c3cccnc3)nc2c1S(=O)(=O)c1cccc(Cl)c1. The number of hydrogen-bond acceptors (Lipinski definition) is 6. The van der Waals surface area contributed by atoms with Crippen molar-refractivity contribution in [1.82, 2.24) is 19.6 Å². The van der Waals surface area contributed by atoms with Gasteiger partial charge in [0.15, 0.2) is 16.4 Å². The topological polar surface area (TPSA) is 89.2 Å². The lowest BCUT2D eigenvalue weighted by atomic mass is 10.2. The van der Waals surface area contributed by atoms with E-state index in [9.17, 15) is 8.42 Å². The van der Waals surface area contributed by atoms with E-state index in [-0.39, 0.29) is 21.3 Å². The van der Waals surface area contributed by atoms with Crippen LogP contribution >= 0.6 is 11.6 Å². The standard InChI is InChI=1S/C18H14ClN5O2S/c1-20-17-16(27(25,26)14-6-2-5-13(19)10-14)18-22-15(7-9-24(18)23-17)12-4-3-8-21-11-12/h2-11H,1H3,(H,20,23). The number of sulfone groups is 1. The molecule has 0 amide bonds. The maximum absolute atomic E-state index is 13.3. The Morgan fingerprint density at radius 3 is 2.70 bits per heavy atom. The van der Waals surface area contributed by atoms with Crippen LogP contribution in [0.4, 0.5) is 5.82 Å². The van der Waals surface area contributed by atoms with E-state index in [1.807, 2.05) is 6.07 Å². The van der Waals surface area contributed by atoms with Gasteiger partial charge in [-0.25, -0.2) is 17.9 Å². The van der Waals surface area contributed by atoms with Crippen LogP contribution in [0.25, 0.3) is 16.9 Å². The summed E-state index contributed by atoms with van der Waals surface area (Å²) < 4.78 is 28.0. The van der Waals surface area contributed by atoms with Crippen molar-refractivity contribution < 1.29 is 8.42 Å². The second-order valence-electron chi connectivity index (χ2n) is 5.71. The fourth-order valence-electron chi connectivity index (χ4n) is 2.75. The molecule has 9 heteroatoms. The average molecular weight is 400 g/mol. The van der Waals surface area contributed by atoms with Gasteiger partial charge < -0.3 is 5.32 Å². The molecule has 0 fully saturated rings. The van der Waals surface area contributed by atoms with Crippen LogP contribution in [0.2, 0.25) is 5.02 Å². The number of anilines is 1. The highest BCUT2D eigenvalue weighted by Gasteiger charge is 2.28. The Bertz CT molecular complexity index is 1240. The summed E-state index contributed by atoms with van der Waals surface area (Å²) in [5.41, 5.74) is 1.60. The minimum absolute atomic E-state index is 0.00185. The third-order valence-electron chi connectivity index (χ3n) is 4.01. The summed E-state index contributed by atoms with van der Waals surface area (Å²) in [6.07, 6.45) is 5.00. The van der Waals surface area contributed by atoms with Crippen LogP contribution in [-0.2, 0) is 9.84 Å². The molecule has 7 nitrogen and oxygen atoms in total. The van der Waals surface area contributed by atoms with E-state index in [0.29, 0.717) is 10.7 Å². The van der Waals surface area contributed by atoms with Gasteiger partial charge in [-0.3, -0.25) is 4.98 Å². The van der Waals surface area contributed by atoms with Crippen LogP contribution in [0.15, 0.2) is 70.8 Å². The number of rotatable bonds is 4. The molecule has 0 unspecified atom stereocenters.